The number of ether oxygens (including phenoxy) is 1. The topological polar surface area (TPSA) is 78.4 Å². The molecule has 0 spiro atoms. The van der Waals surface area contributed by atoms with E-state index in [1.165, 1.54) is 17.4 Å². The molecule has 7 nitrogen and oxygen atoms in total. The van der Waals surface area contributed by atoms with E-state index in [4.69, 9.17) is 4.74 Å². The number of anilines is 2. The molecule has 0 bridgehead atoms. The van der Waals surface area contributed by atoms with Gasteiger partial charge in [-0.05, 0) is 37.6 Å². The highest BCUT2D eigenvalue weighted by Gasteiger charge is 2.07. The Balaban J connectivity index is 1.52. The number of nitrogens with zero attached hydrogens (tertiary/aromatic N) is 4. The number of H-pyrrole nitrogens is 1. The molecule has 3 aromatic rings. The third-order valence-corrected chi connectivity index (χ3v) is 5.32. The first kappa shape index (κ1) is 20.7. The maximum absolute atomic E-state index is 5.37. The lowest BCUT2D eigenvalue weighted by atomic mass is 10.2. The van der Waals surface area contributed by atoms with Crippen LogP contribution in [-0.4, -0.2) is 41.6 Å². The number of para-hydroxylation sites is 1. The van der Waals surface area contributed by atoms with Crippen molar-refractivity contribution in [1.29, 1.82) is 0 Å². The van der Waals surface area contributed by atoms with Gasteiger partial charge in [-0.2, -0.15) is 10.1 Å². The summed E-state index contributed by atoms with van der Waals surface area (Å²) in [5, 5.41) is 11.9. The summed E-state index contributed by atoms with van der Waals surface area (Å²) in [5.41, 5.74) is 6.22. The van der Waals surface area contributed by atoms with Gasteiger partial charge in [0.2, 0.25) is 11.1 Å². The molecule has 8 heteroatoms. The van der Waals surface area contributed by atoms with Crippen molar-refractivity contribution in [2.45, 2.75) is 24.8 Å². The number of thioether (sulfide) groups is 1. The van der Waals surface area contributed by atoms with Crippen LogP contribution in [0.25, 0.3) is 0 Å². The summed E-state index contributed by atoms with van der Waals surface area (Å²) in [6.07, 6.45) is 1.76. The highest BCUT2D eigenvalue weighted by atomic mass is 32.2. The number of rotatable bonds is 10. The molecule has 0 aliphatic carbocycles. The van der Waals surface area contributed by atoms with E-state index in [0.29, 0.717) is 11.1 Å². The molecule has 29 heavy (non-hydrogen) atoms. The minimum absolute atomic E-state index is 0.503. The fourth-order valence-corrected chi connectivity index (χ4v) is 3.64. The van der Waals surface area contributed by atoms with Crippen LogP contribution in [0.4, 0.5) is 11.6 Å². The van der Waals surface area contributed by atoms with Crippen molar-refractivity contribution in [3.05, 3.63) is 59.7 Å². The monoisotopic (exact) mass is 410 g/mol. The van der Waals surface area contributed by atoms with E-state index in [0.717, 1.165) is 35.7 Å². The fourth-order valence-electron chi connectivity index (χ4n) is 2.85. The standard InChI is InChI=1S/C21H26N6OS/c1-4-27(5-2)18-12-10-16(11-13-18)14-22-24-20-23-21(26-25-20)29-15-17-8-6-7-9-19(17)28-3/h6-14H,4-5,15H2,1-3H3,(H2,23,24,25,26)/b22-14-. The zero-order valence-electron chi connectivity index (χ0n) is 16.9. The summed E-state index contributed by atoms with van der Waals surface area (Å²) >= 11 is 1.53. The second-order valence-corrected chi connectivity index (χ2v) is 7.14. The summed E-state index contributed by atoms with van der Waals surface area (Å²) in [4.78, 5) is 6.70. The van der Waals surface area contributed by atoms with E-state index in [9.17, 15) is 0 Å². The van der Waals surface area contributed by atoms with Crippen LogP contribution < -0.4 is 15.1 Å². The number of methoxy groups -OCH3 is 1. The fraction of sp³-hybridized carbons (Fsp3) is 0.286. The largest absolute Gasteiger partial charge is 0.496 e. The van der Waals surface area contributed by atoms with Gasteiger partial charge in [0.15, 0.2) is 0 Å². The molecule has 0 fully saturated rings. The molecule has 3 rings (SSSR count). The van der Waals surface area contributed by atoms with Gasteiger partial charge in [-0.25, -0.2) is 10.5 Å². The molecule has 0 saturated carbocycles. The first-order valence-corrected chi connectivity index (χ1v) is 10.5. The molecule has 0 atom stereocenters. The smallest absolute Gasteiger partial charge is 0.240 e. The molecule has 0 saturated heterocycles. The number of aromatic amines is 1. The van der Waals surface area contributed by atoms with E-state index in [1.807, 2.05) is 36.4 Å². The van der Waals surface area contributed by atoms with Crippen LogP contribution in [-0.2, 0) is 5.75 Å². The Morgan fingerprint density at radius 2 is 1.90 bits per heavy atom. The molecule has 0 radical (unpaired) electrons. The summed E-state index contributed by atoms with van der Waals surface area (Å²) in [5.74, 6) is 2.10. The second kappa shape index (κ2) is 10.5. The molecule has 2 N–H and O–H groups in total. The predicted octanol–water partition coefficient (Wildman–Crippen LogP) is 4.40. The number of hydrogen-bond acceptors (Lipinski definition) is 7. The molecule has 0 amide bonds. The van der Waals surface area contributed by atoms with Crippen molar-refractivity contribution >= 4 is 29.6 Å². The Morgan fingerprint density at radius 3 is 2.62 bits per heavy atom. The Bertz CT molecular complexity index is 921. The first-order chi connectivity index (χ1) is 14.2. The van der Waals surface area contributed by atoms with Crippen molar-refractivity contribution in [3.8, 4) is 5.75 Å². The number of benzene rings is 2. The average Bonchev–Trinajstić information content (AvgIpc) is 3.22. The Labute approximate surface area is 175 Å². The maximum atomic E-state index is 5.37. The van der Waals surface area contributed by atoms with Crippen molar-refractivity contribution in [2.75, 3.05) is 30.5 Å². The zero-order valence-corrected chi connectivity index (χ0v) is 17.7. The number of hydrogen-bond donors (Lipinski definition) is 2. The third-order valence-electron chi connectivity index (χ3n) is 4.42. The highest BCUT2D eigenvalue weighted by molar-refractivity contribution is 7.98. The van der Waals surface area contributed by atoms with Crippen LogP contribution in [0.2, 0.25) is 0 Å². The molecule has 152 valence electrons. The lowest BCUT2D eigenvalue weighted by Crippen LogP contribution is -2.21. The van der Waals surface area contributed by atoms with Gasteiger partial charge in [0.1, 0.15) is 5.75 Å². The predicted molar refractivity (Wildman–Crippen MR) is 120 cm³/mol. The minimum atomic E-state index is 0.503. The molecule has 0 unspecified atom stereocenters. The van der Waals surface area contributed by atoms with Gasteiger partial charge >= 0.3 is 0 Å². The van der Waals surface area contributed by atoms with Gasteiger partial charge in [-0.15, -0.1) is 5.10 Å². The van der Waals surface area contributed by atoms with Crippen LogP contribution >= 0.6 is 11.8 Å². The van der Waals surface area contributed by atoms with E-state index in [-0.39, 0.29) is 0 Å². The number of hydrazone groups is 1. The van der Waals surface area contributed by atoms with Crippen LogP contribution in [0.5, 0.6) is 5.75 Å². The molecule has 1 aromatic heterocycles. The third kappa shape index (κ3) is 5.74. The lowest BCUT2D eigenvalue weighted by molar-refractivity contribution is 0.411. The van der Waals surface area contributed by atoms with Crippen LogP contribution in [0.3, 0.4) is 0 Å². The molecular weight excluding hydrogens is 384 g/mol. The highest BCUT2D eigenvalue weighted by Crippen LogP contribution is 2.26. The molecular formula is C21H26N6OS. The molecule has 1 heterocycles. The van der Waals surface area contributed by atoms with E-state index < -0.39 is 0 Å². The van der Waals surface area contributed by atoms with Gasteiger partial charge in [-0.1, -0.05) is 42.1 Å². The SMILES string of the molecule is CCN(CC)c1ccc(/C=N\Nc2nc(SCc3ccccc3OC)n[nH]2)cc1. The number of aromatic nitrogens is 3. The van der Waals surface area contributed by atoms with Crippen molar-refractivity contribution < 1.29 is 4.74 Å². The quantitative estimate of drug-likeness (QED) is 0.293. The van der Waals surface area contributed by atoms with Crippen LogP contribution in [0, 0.1) is 0 Å². The summed E-state index contributed by atoms with van der Waals surface area (Å²) in [6, 6.07) is 16.2. The van der Waals surface area contributed by atoms with Gasteiger partial charge in [0.25, 0.3) is 0 Å². The zero-order chi connectivity index (χ0) is 20.5. The first-order valence-electron chi connectivity index (χ1n) is 9.54. The molecule has 2 aromatic carbocycles. The van der Waals surface area contributed by atoms with Gasteiger partial charge in [0.05, 0.1) is 13.3 Å². The van der Waals surface area contributed by atoms with Crippen LogP contribution in [0.1, 0.15) is 25.0 Å². The Morgan fingerprint density at radius 1 is 1.14 bits per heavy atom. The summed E-state index contributed by atoms with van der Waals surface area (Å²) < 4.78 is 5.37. The van der Waals surface area contributed by atoms with Crippen molar-refractivity contribution in [2.24, 2.45) is 5.10 Å². The van der Waals surface area contributed by atoms with E-state index in [1.54, 1.807) is 13.3 Å². The van der Waals surface area contributed by atoms with Gasteiger partial charge in [0, 0.05) is 30.1 Å². The average molecular weight is 411 g/mol. The Kier molecular flexibility index (Phi) is 7.52. The number of nitrogens with one attached hydrogen (secondary N) is 2. The Hall–Kier alpha value is -3.00. The molecule has 0 aliphatic heterocycles. The summed E-state index contributed by atoms with van der Waals surface area (Å²) in [7, 11) is 1.67. The lowest BCUT2D eigenvalue weighted by Gasteiger charge is -2.20. The van der Waals surface area contributed by atoms with Crippen molar-refractivity contribution in [1.82, 2.24) is 15.2 Å². The van der Waals surface area contributed by atoms with Gasteiger partial charge < -0.3 is 9.64 Å². The second-order valence-electron chi connectivity index (χ2n) is 6.20. The van der Waals surface area contributed by atoms with E-state index in [2.05, 4.69) is 56.6 Å². The van der Waals surface area contributed by atoms with E-state index >= 15 is 0 Å². The molecule has 0 aliphatic rings. The van der Waals surface area contributed by atoms with Gasteiger partial charge in [-0.3, -0.25) is 0 Å². The summed E-state index contributed by atoms with van der Waals surface area (Å²) in [6.45, 7) is 6.30. The van der Waals surface area contributed by atoms with Crippen molar-refractivity contribution in [3.63, 3.8) is 0 Å². The van der Waals surface area contributed by atoms with Crippen LogP contribution in [0.15, 0.2) is 58.8 Å². The maximum Gasteiger partial charge on any atom is 0.240 e. The minimum Gasteiger partial charge on any atom is -0.496 e. The normalized spacial score (nSPS) is 11.0.